The molecule has 0 radical (unpaired) electrons. The molecule has 1 N–H and O–H groups in total. The summed E-state index contributed by atoms with van der Waals surface area (Å²) >= 11 is 3.32. The van der Waals surface area contributed by atoms with Gasteiger partial charge in [0.1, 0.15) is 10.3 Å². The number of nitrogens with one attached hydrogen (secondary N) is 1. The first-order valence-corrected chi connectivity index (χ1v) is 7.12. The molecule has 0 unspecified atom stereocenters. The lowest BCUT2D eigenvalue weighted by Crippen LogP contribution is -2.14. The van der Waals surface area contributed by atoms with Crippen LogP contribution in [-0.4, -0.2) is 9.97 Å². The Hall–Kier alpha value is -1.42. The van der Waals surface area contributed by atoms with E-state index in [0.29, 0.717) is 16.2 Å². The van der Waals surface area contributed by atoms with Gasteiger partial charge in [-0.1, -0.05) is 43.7 Å². The highest BCUT2D eigenvalue weighted by Gasteiger charge is 2.11. The lowest BCUT2D eigenvalue weighted by Gasteiger charge is -2.09. The van der Waals surface area contributed by atoms with Crippen molar-refractivity contribution in [2.24, 2.45) is 5.92 Å². The van der Waals surface area contributed by atoms with E-state index < -0.39 is 0 Å². The summed E-state index contributed by atoms with van der Waals surface area (Å²) in [7, 11) is 0. The fraction of sp³-hybridized carbons (Fsp3) is 0.333. The number of rotatable bonds is 3. The second kappa shape index (κ2) is 5.70. The van der Waals surface area contributed by atoms with Crippen molar-refractivity contribution in [1.29, 1.82) is 0 Å². The molecule has 0 atom stereocenters. The van der Waals surface area contributed by atoms with Crippen LogP contribution in [0.15, 0.2) is 33.5 Å². The minimum atomic E-state index is -0.124. The number of nitrogens with zero attached hydrogens (tertiary/aromatic N) is 1. The normalized spacial score (nSPS) is 11.0. The van der Waals surface area contributed by atoms with Crippen molar-refractivity contribution >= 4 is 15.9 Å². The van der Waals surface area contributed by atoms with Crippen LogP contribution in [0.4, 0.5) is 0 Å². The fourth-order valence-electron chi connectivity index (χ4n) is 1.88. The van der Waals surface area contributed by atoms with Crippen molar-refractivity contribution < 1.29 is 0 Å². The molecule has 1 heterocycles. The van der Waals surface area contributed by atoms with Crippen LogP contribution in [0.5, 0.6) is 0 Å². The molecular formula is C15H17BrN2O. The van der Waals surface area contributed by atoms with Gasteiger partial charge in [-0.3, -0.25) is 4.79 Å². The highest BCUT2D eigenvalue weighted by atomic mass is 79.9. The molecule has 2 rings (SSSR count). The Kier molecular flexibility index (Phi) is 4.20. The van der Waals surface area contributed by atoms with Gasteiger partial charge in [-0.05, 0) is 35.2 Å². The molecule has 19 heavy (non-hydrogen) atoms. The number of aromatic nitrogens is 2. The average Bonchev–Trinajstić information content (AvgIpc) is 2.35. The van der Waals surface area contributed by atoms with E-state index >= 15 is 0 Å². The van der Waals surface area contributed by atoms with Gasteiger partial charge in [0.15, 0.2) is 0 Å². The molecule has 0 aliphatic rings. The molecule has 1 aromatic carbocycles. The van der Waals surface area contributed by atoms with Crippen LogP contribution in [0.25, 0.3) is 11.4 Å². The molecule has 0 spiro atoms. The number of benzene rings is 1. The summed E-state index contributed by atoms with van der Waals surface area (Å²) in [6.45, 7) is 6.26. The van der Waals surface area contributed by atoms with Gasteiger partial charge in [0.05, 0.1) is 5.69 Å². The molecular weight excluding hydrogens is 304 g/mol. The molecule has 0 fully saturated rings. The van der Waals surface area contributed by atoms with E-state index in [1.54, 1.807) is 0 Å². The Morgan fingerprint density at radius 1 is 1.26 bits per heavy atom. The van der Waals surface area contributed by atoms with Crippen LogP contribution in [0.2, 0.25) is 0 Å². The van der Waals surface area contributed by atoms with Crippen LogP contribution in [0.1, 0.15) is 25.1 Å². The lowest BCUT2D eigenvalue weighted by atomic mass is 10.1. The first-order chi connectivity index (χ1) is 8.97. The van der Waals surface area contributed by atoms with Crippen molar-refractivity contribution in [3.8, 4) is 11.4 Å². The summed E-state index contributed by atoms with van der Waals surface area (Å²) in [6, 6.07) is 7.97. The van der Waals surface area contributed by atoms with Crippen molar-refractivity contribution in [2.45, 2.75) is 27.2 Å². The van der Waals surface area contributed by atoms with Gasteiger partial charge in [-0.25, -0.2) is 4.98 Å². The second-order valence-corrected chi connectivity index (χ2v) is 5.93. The van der Waals surface area contributed by atoms with Crippen molar-refractivity contribution in [3.05, 3.63) is 50.3 Å². The fourth-order valence-corrected chi connectivity index (χ4v) is 2.23. The molecule has 4 heteroatoms. The van der Waals surface area contributed by atoms with Gasteiger partial charge < -0.3 is 4.98 Å². The quantitative estimate of drug-likeness (QED) is 0.937. The molecule has 2 aromatic rings. The Morgan fingerprint density at radius 3 is 2.47 bits per heavy atom. The third kappa shape index (κ3) is 3.32. The summed E-state index contributed by atoms with van der Waals surface area (Å²) in [5.41, 5.74) is 2.81. The van der Waals surface area contributed by atoms with E-state index in [1.165, 1.54) is 5.56 Å². The molecule has 0 amide bonds. The third-order valence-corrected chi connectivity index (χ3v) is 3.68. The summed E-state index contributed by atoms with van der Waals surface area (Å²) in [4.78, 5) is 19.3. The zero-order valence-corrected chi connectivity index (χ0v) is 12.9. The van der Waals surface area contributed by atoms with Crippen LogP contribution >= 0.6 is 15.9 Å². The number of hydrogen-bond acceptors (Lipinski definition) is 2. The zero-order chi connectivity index (χ0) is 14.0. The maximum atomic E-state index is 11.9. The molecule has 1 aromatic heterocycles. The second-order valence-electron chi connectivity index (χ2n) is 5.14. The van der Waals surface area contributed by atoms with Crippen molar-refractivity contribution in [3.63, 3.8) is 0 Å². The summed E-state index contributed by atoms with van der Waals surface area (Å²) < 4.78 is 0.539. The van der Waals surface area contributed by atoms with Gasteiger partial charge >= 0.3 is 0 Å². The van der Waals surface area contributed by atoms with E-state index in [9.17, 15) is 4.79 Å². The first kappa shape index (κ1) is 14.0. The maximum Gasteiger partial charge on any atom is 0.265 e. The van der Waals surface area contributed by atoms with Gasteiger partial charge in [0.25, 0.3) is 5.56 Å². The summed E-state index contributed by atoms with van der Waals surface area (Å²) in [6.07, 6.45) is 0.781. The smallest absolute Gasteiger partial charge is 0.265 e. The van der Waals surface area contributed by atoms with E-state index in [2.05, 4.69) is 39.7 Å². The number of H-pyrrole nitrogens is 1. The highest BCUT2D eigenvalue weighted by Crippen LogP contribution is 2.19. The molecule has 0 aliphatic heterocycles. The Labute approximate surface area is 121 Å². The van der Waals surface area contributed by atoms with Crippen LogP contribution in [0.3, 0.4) is 0 Å². The Morgan fingerprint density at radius 2 is 1.89 bits per heavy atom. The predicted molar refractivity (Wildman–Crippen MR) is 81.3 cm³/mol. The van der Waals surface area contributed by atoms with Gasteiger partial charge in [0, 0.05) is 5.56 Å². The van der Waals surface area contributed by atoms with E-state index in [1.807, 2.05) is 31.2 Å². The number of aromatic amines is 1. The predicted octanol–water partition coefficient (Wildman–Crippen LogP) is 3.71. The van der Waals surface area contributed by atoms with E-state index in [4.69, 9.17) is 0 Å². The van der Waals surface area contributed by atoms with Gasteiger partial charge in [-0.2, -0.15) is 0 Å². The standard InChI is InChI=1S/C15H17BrN2O/c1-9(2)8-12-13(16)15(19)18-14(17-12)11-6-4-10(3)5-7-11/h4-7,9H,8H2,1-3H3,(H,17,18,19). The first-order valence-electron chi connectivity index (χ1n) is 6.33. The molecule has 0 bridgehead atoms. The number of hydrogen-bond donors (Lipinski definition) is 1. The topological polar surface area (TPSA) is 45.8 Å². The monoisotopic (exact) mass is 320 g/mol. The lowest BCUT2D eigenvalue weighted by molar-refractivity contribution is 0.631. The minimum Gasteiger partial charge on any atom is -0.306 e. The SMILES string of the molecule is Cc1ccc(-c2nc(CC(C)C)c(Br)c(=O)[nH]2)cc1. The largest absolute Gasteiger partial charge is 0.306 e. The van der Waals surface area contributed by atoms with Gasteiger partial charge in [-0.15, -0.1) is 0 Å². The highest BCUT2D eigenvalue weighted by molar-refractivity contribution is 9.10. The third-order valence-electron chi connectivity index (χ3n) is 2.86. The van der Waals surface area contributed by atoms with Crippen molar-refractivity contribution in [1.82, 2.24) is 9.97 Å². The van der Waals surface area contributed by atoms with Crippen LogP contribution in [0, 0.1) is 12.8 Å². The summed E-state index contributed by atoms with van der Waals surface area (Å²) in [5.74, 6) is 1.08. The number of halogens is 1. The molecule has 3 nitrogen and oxygen atoms in total. The van der Waals surface area contributed by atoms with E-state index in [0.717, 1.165) is 17.7 Å². The molecule has 100 valence electrons. The average molecular weight is 321 g/mol. The van der Waals surface area contributed by atoms with Crippen LogP contribution < -0.4 is 5.56 Å². The maximum absolute atomic E-state index is 11.9. The molecule has 0 saturated carbocycles. The van der Waals surface area contributed by atoms with Crippen molar-refractivity contribution in [2.75, 3.05) is 0 Å². The Bertz CT molecular complexity index is 630. The zero-order valence-electron chi connectivity index (χ0n) is 11.3. The molecule has 0 aliphatic carbocycles. The van der Waals surface area contributed by atoms with Crippen LogP contribution in [-0.2, 0) is 6.42 Å². The van der Waals surface area contributed by atoms with Gasteiger partial charge in [0.2, 0.25) is 0 Å². The molecule has 0 saturated heterocycles. The number of aryl methyl sites for hydroxylation is 1. The minimum absolute atomic E-state index is 0.124. The summed E-state index contributed by atoms with van der Waals surface area (Å²) in [5, 5.41) is 0. The Balaban J connectivity index is 2.50. The van der Waals surface area contributed by atoms with E-state index in [-0.39, 0.29) is 5.56 Å².